The van der Waals surface area contributed by atoms with Crippen LogP contribution in [0.25, 0.3) is 0 Å². The number of hydrogen-bond acceptors (Lipinski definition) is 3. The van der Waals surface area contributed by atoms with Crippen LogP contribution in [0, 0.1) is 5.82 Å². The van der Waals surface area contributed by atoms with Gasteiger partial charge in [-0.1, -0.05) is 6.07 Å². The van der Waals surface area contributed by atoms with Crippen LogP contribution in [-0.2, 0) is 14.8 Å². The van der Waals surface area contributed by atoms with Gasteiger partial charge in [0.1, 0.15) is 5.82 Å². The van der Waals surface area contributed by atoms with Crippen molar-refractivity contribution in [2.24, 2.45) is 5.73 Å². The minimum atomic E-state index is -3.53. The summed E-state index contributed by atoms with van der Waals surface area (Å²) in [6, 6.07) is 3.79. The van der Waals surface area contributed by atoms with Crippen LogP contribution in [0.15, 0.2) is 18.2 Å². The molecule has 0 heterocycles. The Labute approximate surface area is 98.9 Å². The molecule has 3 N–H and O–H groups in total. The Balaban J connectivity index is 3.06. The summed E-state index contributed by atoms with van der Waals surface area (Å²) in [5.41, 5.74) is 5.32. The number of rotatable bonds is 4. The summed E-state index contributed by atoms with van der Waals surface area (Å²) in [4.78, 5) is 10.9. The summed E-state index contributed by atoms with van der Waals surface area (Å²) >= 11 is 0. The number of sulfonamides is 1. The predicted octanol–water partition coefficient (Wildman–Crippen LogP) is 0.786. The number of hydrogen-bond donors (Lipinski definition) is 2. The fourth-order valence-electron chi connectivity index (χ4n) is 1.25. The van der Waals surface area contributed by atoms with E-state index in [1.807, 2.05) is 4.72 Å². The second-order valence-electron chi connectivity index (χ2n) is 3.74. The van der Waals surface area contributed by atoms with Gasteiger partial charge >= 0.3 is 0 Å². The van der Waals surface area contributed by atoms with Crippen molar-refractivity contribution < 1.29 is 17.6 Å². The Kier molecular flexibility index (Phi) is 3.72. The highest BCUT2D eigenvalue weighted by Crippen LogP contribution is 2.21. The van der Waals surface area contributed by atoms with Crippen LogP contribution >= 0.6 is 0 Å². The molecule has 1 rings (SSSR count). The summed E-state index contributed by atoms with van der Waals surface area (Å²) in [5.74, 6) is -1.95. The van der Waals surface area contributed by atoms with E-state index >= 15 is 0 Å². The summed E-state index contributed by atoms with van der Waals surface area (Å²) < 4.78 is 37.4. The molecule has 0 aliphatic rings. The van der Waals surface area contributed by atoms with Crippen molar-refractivity contribution in [1.29, 1.82) is 0 Å². The minimum absolute atomic E-state index is 0.159. The fourth-order valence-corrected chi connectivity index (χ4v) is 1.81. The third-order valence-corrected chi connectivity index (χ3v) is 2.81. The summed E-state index contributed by atoms with van der Waals surface area (Å²) in [7, 11) is -3.53. The second kappa shape index (κ2) is 4.70. The number of amides is 1. The topological polar surface area (TPSA) is 89.3 Å². The number of nitrogens with two attached hydrogens (primary N) is 1. The summed E-state index contributed by atoms with van der Waals surface area (Å²) in [5, 5.41) is 0. The van der Waals surface area contributed by atoms with E-state index in [0.29, 0.717) is 5.56 Å². The van der Waals surface area contributed by atoms with Gasteiger partial charge < -0.3 is 5.73 Å². The molecule has 0 aromatic heterocycles. The van der Waals surface area contributed by atoms with E-state index in [-0.39, 0.29) is 5.69 Å². The van der Waals surface area contributed by atoms with Crippen molar-refractivity contribution in [2.75, 3.05) is 11.0 Å². The van der Waals surface area contributed by atoms with Gasteiger partial charge in [-0.2, -0.15) is 0 Å². The first kappa shape index (κ1) is 13.4. The van der Waals surface area contributed by atoms with E-state index < -0.39 is 27.7 Å². The number of carbonyl (C=O) groups excluding carboxylic acids is 1. The smallest absolute Gasteiger partial charge is 0.229 e. The van der Waals surface area contributed by atoms with Gasteiger partial charge in [0.25, 0.3) is 0 Å². The predicted molar refractivity (Wildman–Crippen MR) is 62.5 cm³/mol. The number of anilines is 1. The first-order valence-corrected chi connectivity index (χ1v) is 6.66. The largest absolute Gasteiger partial charge is 0.369 e. The third kappa shape index (κ3) is 3.70. The van der Waals surface area contributed by atoms with Crippen molar-refractivity contribution >= 4 is 21.6 Å². The van der Waals surface area contributed by atoms with Gasteiger partial charge in [0.2, 0.25) is 15.9 Å². The SMILES string of the molecule is C[C@@H](C(N)=O)c1ccc(NS(C)(=O)=O)c(F)c1. The molecule has 0 aliphatic carbocycles. The molecule has 17 heavy (non-hydrogen) atoms. The molecule has 1 aromatic rings. The van der Waals surface area contributed by atoms with Gasteiger partial charge in [-0.15, -0.1) is 0 Å². The molecule has 0 unspecified atom stereocenters. The molecule has 1 aromatic carbocycles. The van der Waals surface area contributed by atoms with Crippen molar-refractivity contribution in [3.05, 3.63) is 29.6 Å². The standard InChI is InChI=1S/C10H13FN2O3S/c1-6(10(12)14)7-3-4-9(8(11)5-7)13-17(2,15)16/h3-6,13H,1-2H3,(H2,12,14)/t6-/m1/s1. The average molecular weight is 260 g/mol. The number of carbonyl (C=O) groups is 1. The Bertz CT molecular complexity index is 542. The molecule has 1 amide bonds. The zero-order valence-corrected chi connectivity index (χ0v) is 10.2. The van der Waals surface area contributed by atoms with Crippen LogP contribution < -0.4 is 10.5 Å². The molecule has 5 nitrogen and oxygen atoms in total. The molecule has 0 saturated carbocycles. The van der Waals surface area contributed by atoms with Crippen LogP contribution in [-0.4, -0.2) is 20.6 Å². The molecular weight excluding hydrogens is 247 g/mol. The quantitative estimate of drug-likeness (QED) is 0.838. The Morgan fingerprint density at radius 2 is 2.06 bits per heavy atom. The summed E-state index contributed by atoms with van der Waals surface area (Å²) in [6.45, 7) is 1.54. The highest BCUT2D eigenvalue weighted by molar-refractivity contribution is 7.92. The molecular formula is C10H13FN2O3S. The second-order valence-corrected chi connectivity index (χ2v) is 5.49. The number of benzene rings is 1. The Hall–Kier alpha value is -1.63. The van der Waals surface area contributed by atoms with Crippen molar-refractivity contribution in [3.8, 4) is 0 Å². The lowest BCUT2D eigenvalue weighted by Gasteiger charge is -2.10. The molecule has 0 aliphatic heterocycles. The molecule has 0 radical (unpaired) electrons. The van der Waals surface area contributed by atoms with Crippen LogP contribution in [0.5, 0.6) is 0 Å². The van der Waals surface area contributed by atoms with Gasteiger partial charge in [-0.3, -0.25) is 9.52 Å². The van der Waals surface area contributed by atoms with Gasteiger partial charge in [0.05, 0.1) is 17.9 Å². The molecule has 0 fully saturated rings. The van der Waals surface area contributed by atoms with E-state index in [1.165, 1.54) is 12.1 Å². The van der Waals surface area contributed by atoms with Crippen molar-refractivity contribution in [1.82, 2.24) is 0 Å². The van der Waals surface area contributed by atoms with Gasteiger partial charge in [-0.05, 0) is 24.6 Å². The molecule has 0 bridgehead atoms. The first-order chi connectivity index (χ1) is 7.70. The highest BCUT2D eigenvalue weighted by atomic mass is 32.2. The zero-order chi connectivity index (χ0) is 13.2. The van der Waals surface area contributed by atoms with Crippen LogP contribution in [0.2, 0.25) is 0 Å². The number of halogens is 1. The van der Waals surface area contributed by atoms with Gasteiger partial charge in [-0.25, -0.2) is 12.8 Å². The zero-order valence-electron chi connectivity index (χ0n) is 9.40. The van der Waals surface area contributed by atoms with Crippen LogP contribution in [0.4, 0.5) is 10.1 Å². The third-order valence-electron chi connectivity index (χ3n) is 2.22. The van der Waals surface area contributed by atoms with E-state index in [4.69, 9.17) is 5.73 Å². The fraction of sp³-hybridized carbons (Fsp3) is 0.300. The number of primary amides is 1. The normalized spacial score (nSPS) is 13.1. The average Bonchev–Trinajstić information content (AvgIpc) is 2.18. The first-order valence-electron chi connectivity index (χ1n) is 4.77. The molecule has 1 atom stereocenters. The lowest BCUT2D eigenvalue weighted by molar-refractivity contribution is -0.119. The van der Waals surface area contributed by atoms with E-state index in [2.05, 4.69) is 0 Å². The van der Waals surface area contributed by atoms with Crippen molar-refractivity contribution in [3.63, 3.8) is 0 Å². The van der Waals surface area contributed by atoms with E-state index in [1.54, 1.807) is 6.92 Å². The minimum Gasteiger partial charge on any atom is -0.369 e. The Morgan fingerprint density at radius 3 is 2.47 bits per heavy atom. The lowest BCUT2D eigenvalue weighted by atomic mass is 10.0. The van der Waals surface area contributed by atoms with Crippen molar-refractivity contribution in [2.45, 2.75) is 12.8 Å². The van der Waals surface area contributed by atoms with Gasteiger partial charge in [0, 0.05) is 0 Å². The maximum atomic E-state index is 13.5. The summed E-state index contributed by atoms with van der Waals surface area (Å²) in [6.07, 6.45) is 0.923. The van der Waals surface area contributed by atoms with E-state index in [9.17, 15) is 17.6 Å². The highest BCUT2D eigenvalue weighted by Gasteiger charge is 2.14. The van der Waals surface area contributed by atoms with Crippen LogP contribution in [0.1, 0.15) is 18.4 Å². The molecule has 0 saturated heterocycles. The van der Waals surface area contributed by atoms with E-state index in [0.717, 1.165) is 12.3 Å². The Morgan fingerprint density at radius 1 is 1.47 bits per heavy atom. The lowest BCUT2D eigenvalue weighted by Crippen LogP contribution is -2.19. The monoisotopic (exact) mass is 260 g/mol. The molecule has 7 heteroatoms. The molecule has 0 spiro atoms. The number of nitrogens with one attached hydrogen (secondary N) is 1. The molecule has 94 valence electrons. The van der Waals surface area contributed by atoms with Gasteiger partial charge in [0.15, 0.2) is 0 Å². The maximum Gasteiger partial charge on any atom is 0.229 e. The van der Waals surface area contributed by atoms with Crippen LogP contribution in [0.3, 0.4) is 0 Å². The maximum absolute atomic E-state index is 13.5.